The van der Waals surface area contributed by atoms with Gasteiger partial charge in [-0.25, -0.2) is 0 Å². The molecule has 0 unspecified atom stereocenters. The van der Waals surface area contributed by atoms with Crippen molar-refractivity contribution in [2.45, 2.75) is 64.4 Å². The number of carbonyl (C=O) groups excluding carboxylic acids is 1. The van der Waals surface area contributed by atoms with E-state index < -0.39 is 20.2 Å². The van der Waals surface area contributed by atoms with Gasteiger partial charge < -0.3 is 13.9 Å². The summed E-state index contributed by atoms with van der Waals surface area (Å²) in [6.07, 6.45) is 0.884. The maximum atomic E-state index is 13.1. The normalized spacial score (nSPS) is 19.0. The van der Waals surface area contributed by atoms with Gasteiger partial charge in [0.2, 0.25) is 0 Å². The molecule has 4 nitrogen and oxygen atoms in total. The second-order valence-electron chi connectivity index (χ2n) is 8.95. The zero-order valence-corrected chi connectivity index (χ0v) is 19.8. The van der Waals surface area contributed by atoms with Crippen LogP contribution in [0, 0.1) is 0 Å². The van der Waals surface area contributed by atoms with Crippen LogP contribution in [0.1, 0.15) is 47.5 Å². The van der Waals surface area contributed by atoms with Crippen molar-refractivity contribution in [1.29, 1.82) is 0 Å². The minimum Gasteiger partial charge on any atom is -0.400 e. The second-order valence-corrected chi connectivity index (χ2v) is 13.3. The third-order valence-electron chi connectivity index (χ3n) is 6.14. The molecule has 1 aliphatic heterocycles. The molecule has 30 heavy (non-hydrogen) atoms. The van der Waals surface area contributed by atoms with E-state index in [0.29, 0.717) is 6.61 Å². The minimum absolute atomic E-state index is 0.0187. The monoisotopic (exact) mass is 426 g/mol. The Morgan fingerprint density at radius 1 is 1.00 bits per heavy atom. The quantitative estimate of drug-likeness (QED) is 0.597. The number of benzene rings is 2. The van der Waals surface area contributed by atoms with E-state index in [-0.39, 0.29) is 17.4 Å². The Morgan fingerprint density at radius 3 is 1.90 bits per heavy atom. The van der Waals surface area contributed by atoms with E-state index in [1.54, 1.807) is 0 Å². The van der Waals surface area contributed by atoms with Crippen molar-refractivity contribution in [3.63, 3.8) is 0 Å². The smallest absolute Gasteiger partial charge is 0.261 e. The predicted octanol–water partition coefficient (Wildman–Crippen LogP) is 4.06. The standard InChI is InChI=1S/C25H34O4Si/c1-6-25(7-2)27-19-23(29-25)22(26)18-28-30(24(3,4)5,20-14-10-8-11-15-20)21-16-12-9-13-17-21/h8-17,23H,6-7,18-19H2,1-5H3/t23-/m0/s1. The molecular formula is C25H34O4Si. The lowest BCUT2D eigenvalue weighted by atomic mass is 10.1. The molecule has 162 valence electrons. The predicted molar refractivity (Wildman–Crippen MR) is 123 cm³/mol. The fourth-order valence-electron chi connectivity index (χ4n) is 4.37. The Kier molecular flexibility index (Phi) is 6.97. The number of ether oxygens (including phenoxy) is 2. The summed E-state index contributed by atoms with van der Waals surface area (Å²) < 4.78 is 18.6. The van der Waals surface area contributed by atoms with Gasteiger partial charge in [-0.3, -0.25) is 4.79 Å². The van der Waals surface area contributed by atoms with Crippen molar-refractivity contribution in [2.75, 3.05) is 13.2 Å². The lowest BCUT2D eigenvalue weighted by molar-refractivity contribution is -0.176. The highest BCUT2D eigenvalue weighted by Crippen LogP contribution is 2.37. The van der Waals surface area contributed by atoms with Crippen LogP contribution in [0.3, 0.4) is 0 Å². The molecule has 0 amide bonds. The summed E-state index contributed by atoms with van der Waals surface area (Å²) in [5, 5.41) is 2.16. The number of carbonyl (C=O) groups is 1. The Morgan fingerprint density at radius 2 is 1.50 bits per heavy atom. The Balaban J connectivity index is 1.92. The van der Waals surface area contributed by atoms with E-state index >= 15 is 0 Å². The molecule has 0 saturated carbocycles. The van der Waals surface area contributed by atoms with Crippen molar-refractivity contribution in [1.82, 2.24) is 0 Å². The maximum Gasteiger partial charge on any atom is 0.261 e. The number of hydrogen-bond acceptors (Lipinski definition) is 4. The van der Waals surface area contributed by atoms with Gasteiger partial charge in [-0.2, -0.15) is 0 Å². The van der Waals surface area contributed by atoms with Crippen molar-refractivity contribution in [2.24, 2.45) is 0 Å². The summed E-state index contributed by atoms with van der Waals surface area (Å²) in [6, 6.07) is 20.7. The van der Waals surface area contributed by atoms with E-state index in [1.165, 1.54) is 0 Å². The highest BCUT2D eigenvalue weighted by atomic mass is 28.4. The minimum atomic E-state index is -2.73. The van der Waals surface area contributed by atoms with Gasteiger partial charge in [-0.15, -0.1) is 0 Å². The van der Waals surface area contributed by atoms with E-state index in [9.17, 15) is 4.79 Å². The third-order valence-corrected chi connectivity index (χ3v) is 11.1. The van der Waals surface area contributed by atoms with Crippen LogP contribution in [-0.4, -0.2) is 39.2 Å². The van der Waals surface area contributed by atoms with Crippen LogP contribution in [0.25, 0.3) is 0 Å². The Labute approximate surface area is 181 Å². The lowest BCUT2D eigenvalue weighted by Crippen LogP contribution is -2.67. The number of Topliss-reactive ketones (excluding diaryl/α,β-unsaturated/α-hetero) is 1. The second kappa shape index (κ2) is 9.14. The molecule has 1 heterocycles. The Bertz CT molecular complexity index is 786. The molecule has 5 heteroatoms. The summed E-state index contributed by atoms with van der Waals surface area (Å²) in [5.74, 6) is -0.690. The van der Waals surface area contributed by atoms with Crippen LogP contribution in [0.4, 0.5) is 0 Å². The molecule has 0 aliphatic carbocycles. The van der Waals surface area contributed by atoms with Gasteiger partial charge >= 0.3 is 0 Å². The molecule has 1 atom stereocenters. The lowest BCUT2D eigenvalue weighted by Gasteiger charge is -2.43. The van der Waals surface area contributed by atoms with Crippen LogP contribution in [0.5, 0.6) is 0 Å². The number of hydrogen-bond donors (Lipinski definition) is 0. The van der Waals surface area contributed by atoms with Gasteiger partial charge in [0, 0.05) is 0 Å². The summed E-state index contributed by atoms with van der Waals surface area (Å²) >= 11 is 0. The molecule has 0 radical (unpaired) electrons. The van der Waals surface area contributed by atoms with Gasteiger partial charge in [-0.05, 0) is 28.3 Å². The van der Waals surface area contributed by atoms with Crippen LogP contribution in [0.15, 0.2) is 60.7 Å². The number of rotatable bonds is 8. The first kappa shape index (κ1) is 22.9. The van der Waals surface area contributed by atoms with Crippen LogP contribution in [0.2, 0.25) is 5.04 Å². The SMILES string of the molecule is CCC1(CC)OC[C@@H](C(=O)CO[Si](c2ccccc2)(c2ccccc2)C(C)(C)C)O1. The van der Waals surface area contributed by atoms with Crippen molar-refractivity contribution < 1.29 is 18.7 Å². The molecule has 0 N–H and O–H groups in total. The summed E-state index contributed by atoms with van der Waals surface area (Å²) in [7, 11) is -2.73. The molecule has 0 bridgehead atoms. The fraction of sp³-hybridized carbons (Fsp3) is 0.480. The maximum absolute atomic E-state index is 13.1. The van der Waals surface area contributed by atoms with E-state index in [4.69, 9.17) is 13.9 Å². The topological polar surface area (TPSA) is 44.8 Å². The number of ketones is 1. The highest BCUT2D eigenvalue weighted by Gasteiger charge is 2.51. The van der Waals surface area contributed by atoms with Gasteiger partial charge in [0.25, 0.3) is 8.32 Å². The average molecular weight is 427 g/mol. The highest BCUT2D eigenvalue weighted by molar-refractivity contribution is 6.99. The molecule has 0 aromatic heterocycles. The molecule has 0 spiro atoms. The van der Waals surface area contributed by atoms with Gasteiger partial charge in [0.05, 0.1) is 13.2 Å². The molecule has 2 aromatic rings. The zero-order chi connectivity index (χ0) is 21.8. The average Bonchev–Trinajstić information content (AvgIpc) is 3.20. The van der Waals surface area contributed by atoms with E-state index in [0.717, 1.165) is 23.2 Å². The fourth-order valence-corrected chi connectivity index (χ4v) is 8.88. The summed E-state index contributed by atoms with van der Waals surface area (Å²) in [6.45, 7) is 11.0. The first-order valence-electron chi connectivity index (χ1n) is 10.9. The van der Waals surface area contributed by atoms with Gasteiger partial charge in [0.15, 0.2) is 11.6 Å². The summed E-state index contributed by atoms with van der Waals surface area (Å²) in [5.41, 5.74) is 0. The molecular weight excluding hydrogens is 392 g/mol. The zero-order valence-electron chi connectivity index (χ0n) is 18.8. The van der Waals surface area contributed by atoms with Crippen LogP contribution in [-0.2, 0) is 18.7 Å². The molecule has 1 aliphatic rings. The molecule has 2 aromatic carbocycles. The van der Waals surface area contributed by atoms with Crippen LogP contribution >= 0.6 is 0 Å². The summed E-state index contributed by atoms with van der Waals surface area (Å²) in [4.78, 5) is 13.1. The van der Waals surface area contributed by atoms with E-state index in [1.807, 2.05) is 50.2 Å². The largest absolute Gasteiger partial charge is 0.400 e. The van der Waals surface area contributed by atoms with Crippen LogP contribution < -0.4 is 10.4 Å². The Hall–Kier alpha value is -1.79. The van der Waals surface area contributed by atoms with Gasteiger partial charge in [-0.1, -0.05) is 95.3 Å². The third kappa shape index (κ3) is 4.30. The molecule has 1 saturated heterocycles. The first-order chi connectivity index (χ1) is 14.3. The van der Waals surface area contributed by atoms with Crippen molar-refractivity contribution in [3.8, 4) is 0 Å². The molecule has 1 fully saturated rings. The van der Waals surface area contributed by atoms with Gasteiger partial charge in [0.1, 0.15) is 6.10 Å². The first-order valence-corrected chi connectivity index (χ1v) is 12.8. The van der Waals surface area contributed by atoms with Crippen molar-refractivity contribution >= 4 is 24.5 Å². The van der Waals surface area contributed by atoms with E-state index in [2.05, 4.69) is 45.0 Å². The molecule has 3 rings (SSSR count). The van der Waals surface area contributed by atoms with Crippen molar-refractivity contribution in [3.05, 3.63) is 60.7 Å².